The van der Waals surface area contributed by atoms with Crippen LogP contribution in [0.2, 0.25) is 0 Å². The summed E-state index contributed by atoms with van der Waals surface area (Å²) < 4.78 is 4.98. The average Bonchev–Trinajstić information content (AvgIpc) is 2.47. The quantitative estimate of drug-likeness (QED) is 0.647. The minimum atomic E-state index is -0.102. The lowest BCUT2D eigenvalue weighted by molar-refractivity contribution is 0.203. The maximum absolute atomic E-state index is 11.7. The van der Waals surface area contributed by atoms with Gasteiger partial charge < -0.3 is 19.9 Å². The molecule has 0 radical (unpaired) electrons. The summed E-state index contributed by atoms with van der Waals surface area (Å²) in [6.07, 6.45) is 0. The first-order valence-electron chi connectivity index (χ1n) is 6.70. The summed E-state index contributed by atoms with van der Waals surface area (Å²) in [4.78, 5) is 16.5. The normalized spacial score (nSPS) is 10.6. The Labute approximate surface area is 128 Å². The van der Waals surface area contributed by atoms with Crippen molar-refractivity contribution >= 4 is 28.2 Å². The third-order valence-electron chi connectivity index (χ3n) is 3.17. The van der Waals surface area contributed by atoms with Gasteiger partial charge in [0.2, 0.25) is 5.56 Å². The number of methoxy groups -OCH3 is 1. The molecular formula is C15H19N3O2S. The van der Waals surface area contributed by atoms with Crippen LogP contribution in [0.4, 0.5) is 0 Å². The molecule has 0 atom stereocenters. The van der Waals surface area contributed by atoms with Gasteiger partial charge in [0.15, 0.2) is 5.11 Å². The van der Waals surface area contributed by atoms with E-state index in [-0.39, 0.29) is 5.56 Å². The lowest BCUT2D eigenvalue weighted by Crippen LogP contribution is -2.38. The predicted octanol–water partition coefficient (Wildman–Crippen LogP) is 1.48. The van der Waals surface area contributed by atoms with Crippen molar-refractivity contribution in [1.82, 2.24) is 15.2 Å². The Morgan fingerprint density at radius 2 is 2.19 bits per heavy atom. The SMILES string of the molecule is COCCNC(=S)N(C)Cc1cc(=O)[nH]c2ccccc12. The molecule has 0 fully saturated rings. The minimum absolute atomic E-state index is 0.102. The molecule has 1 aromatic carbocycles. The smallest absolute Gasteiger partial charge is 0.248 e. The number of aromatic nitrogens is 1. The molecule has 2 aromatic rings. The number of fused-ring (bicyclic) bond motifs is 1. The van der Waals surface area contributed by atoms with E-state index in [0.717, 1.165) is 16.5 Å². The van der Waals surface area contributed by atoms with Crippen molar-refractivity contribution in [2.75, 3.05) is 27.3 Å². The number of ether oxygens (including phenoxy) is 1. The van der Waals surface area contributed by atoms with Crippen LogP contribution in [0.3, 0.4) is 0 Å². The number of nitrogens with one attached hydrogen (secondary N) is 2. The van der Waals surface area contributed by atoms with Gasteiger partial charge in [-0.1, -0.05) is 18.2 Å². The highest BCUT2D eigenvalue weighted by atomic mass is 32.1. The summed E-state index contributed by atoms with van der Waals surface area (Å²) >= 11 is 5.32. The number of hydrogen-bond acceptors (Lipinski definition) is 3. The number of thiocarbonyl (C=S) groups is 1. The molecule has 2 N–H and O–H groups in total. The third-order valence-corrected chi connectivity index (χ3v) is 3.63. The Bertz CT molecular complexity index is 684. The zero-order valence-corrected chi connectivity index (χ0v) is 13.0. The molecular weight excluding hydrogens is 286 g/mol. The second-order valence-electron chi connectivity index (χ2n) is 4.79. The van der Waals surface area contributed by atoms with E-state index < -0.39 is 0 Å². The van der Waals surface area contributed by atoms with Crippen molar-refractivity contribution in [2.24, 2.45) is 0 Å². The van der Waals surface area contributed by atoms with Gasteiger partial charge in [-0.3, -0.25) is 4.79 Å². The average molecular weight is 305 g/mol. The fraction of sp³-hybridized carbons (Fsp3) is 0.333. The van der Waals surface area contributed by atoms with Gasteiger partial charge in [0.05, 0.1) is 6.61 Å². The van der Waals surface area contributed by atoms with Crippen molar-refractivity contribution in [1.29, 1.82) is 0 Å². The molecule has 2 rings (SSSR count). The molecule has 6 heteroatoms. The summed E-state index contributed by atoms with van der Waals surface area (Å²) in [6.45, 7) is 1.83. The first-order valence-corrected chi connectivity index (χ1v) is 7.11. The molecule has 0 amide bonds. The number of pyridine rings is 1. The molecule has 1 aromatic heterocycles. The van der Waals surface area contributed by atoms with Crippen molar-refractivity contribution in [3.8, 4) is 0 Å². The van der Waals surface area contributed by atoms with E-state index in [9.17, 15) is 4.79 Å². The fourth-order valence-corrected chi connectivity index (χ4v) is 2.30. The lowest BCUT2D eigenvalue weighted by atomic mass is 10.1. The molecule has 1 heterocycles. The van der Waals surface area contributed by atoms with Gasteiger partial charge in [0, 0.05) is 44.2 Å². The van der Waals surface area contributed by atoms with Gasteiger partial charge in [0.25, 0.3) is 0 Å². The molecule has 0 saturated carbocycles. The summed E-state index contributed by atoms with van der Waals surface area (Å²) in [5.74, 6) is 0. The molecule has 0 unspecified atom stereocenters. The van der Waals surface area contributed by atoms with Crippen molar-refractivity contribution in [3.05, 3.63) is 46.2 Å². The molecule has 0 spiro atoms. The predicted molar refractivity (Wildman–Crippen MR) is 88.5 cm³/mol. The van der Waals surface area contributed by atoms with E-state index in [0.29, 0.717) is 24.8 Å². The number of para-hydroxylation sites is 1. The molecule has 0 aliphatic carbocycles. The highest BCUT2D eigenvalue weighted by Gasteiger charge is 2.08. The first kappa shape index (κ1) is 15.5. The Hall–Kier alpha value is -1.92. The topological polar surface area (TPSA) is 57.4 Å². The summed E-state index contributed by atoms with van der Waals surface area (Å²) in [7, 11) is 3.55. The highest BCUT2D eigenvalue weighted by molar-refractivity contribution is 7.80. The monoisotopic (exact) mass is 305 g/mol. The zero-order valence-electron chi connectivity index (χ0n) is 12.2. The first-order chi connectivity index (χ1) is 10.1. The van der Waals surface area contributed by atoms with Crippen molar-refractivity contribution in [2.45, 2.75) is 6.54 Å². The van der Waals surface area contributed by atoms with Gasteiger partial charge in [0.1, 0.15) is 0 Å². The summed E-state index contributed by atoms with van der Waals surface area (Å²) in [6, 6.07) is 9.38. The number of H-pyrrole nitrogens is 1. The van der Waals surface area contributed by atoms with Crippen LogP contribution < -0.4 is 10.9 Å². The number of hydrogen-bond donors (Lipinski definition) is 2. The third kappa shape index (κ3) is 4.03. The number of benzene rings is 1. The second kappa shape index (κ2) is 7.19. The molecule has 0 saturated heterocycles. The Balaban J connectivity index is 2.15. The fourth-order valence-electron chi connectivity index (χ4n) is 2.13. The lowest BCUT2D eigenvalue weighted by Gasteiger charge is -2.21. The summed E-state index contributed by atoms with van der Waals surface area (Å²) in [5, 5.41) is 4.78. The minimum Gasteiger partial charge on any atom is -0.383 e. The maximum Gasteiger partial charge on any atom is 0.248 e. The van der Waals surface area contributed by atoms with Crippen LogP contribution in [0.1, 0.15) is 5.56 Å². The van der Waals surface area contributed by atoms with Crippen LogP contribution in [-0.2, 0) is 11.3 Å². The van der Waals surface area contributed by atoms with Gasteiger partial charge in [-0.15, -0.1) is 0 Å². The largest absolute Gasteiger partial charge is 0.383 e. The highest BCUT2D eigenvalue weighted by Crippen LogP contribution is 2.15. The zero-order chi connectivity index (χ0) is 15.2. The maximum atomic E-state index is 11.7. The Morgan fingerprint density at radius 3 is 2.95 bits per heavy atom. The molecule has 112 valence electrons. The Kier molecular flexibility index (Phi) is 5.30. The molecule has 0 bridgehead atoms. The standard InChI is InChI=1S/C15H19N3O2S/c1-18(15(21)16-7-8-20-2)10-11-9-14(19)17-13-6-4-3-5-12(11)13/h3-6,9H,7-8,10H2,1-2H3,(H,16,21)(H,17,19). The van der Waals surface area contributed by atoms with E-state index in [1.54, 1.807) is 13.2 Å². The van der Waals surface area contributed by atoms with Crippen LogP contribution in [0, 0.1) is 0 Å². The molecule has 0 aliphatic heterocycles. The van der Waals surface area contributed by atoms with Crippen LogP contribution >= 0.6 is 12.2 Å². The van der Waals surface area contributed by atoms with E-state index in [1.165, 1.54) is 0 Å². The van der Waals surface area contributed by atoms with Crippen molar-refractivity contribution in [3.63, 3.8) is 0 Å². The molecule has 5 nitrogen and oxygen atoms in total. The number of rotatable bonds is 5. The number of aromatic amines is 1. The van der Waals surface area contributed by atoms with Crippen LogP contribution in [0.5, 0.6) is 0 Å². The van der Waals surface area contributed by atoms with E-state index in [4.69, 9.17) is 17.0 Å². The van der Waals surface area contributed by atoms with Gasteiger partial charge in [-0.05, 0) is 23.8 Å². The van der Waals surface area contributed by atoms with E-state index >= 15 is 0 Å². The number of nitrogens with zero attached hydrogens (tertiary/aromatic N) is 1. The Morgan fingerprint density at radius 1 is 1.43 bits per heavy atom. The van der Waals surface area contributed by atoms with E-state index in [2.05, 4.69) is 10.3 Å². The van der Waals surface area contributed by atoms with Gasteiger partial charge in [-0.25, -0.2) is 0 Å². The van der Waals surface area contributed by atoms with Gasteiger partial charge >= 0.3 is 0 Å². The van der Waals surface area contributed by atoms with Gasteiger partial charge in [-0.2, -0.15) is 0 Å². The van der Waals surface area contributed by atoms with Crippen molar-refractivity contribution < 1.29 is 4.74 Å². The van der Waals surface area contributed by atoms with Crippen LogP contribution in [-0.4, -0.2) is 42.3 Å². The second-order valence-corrected chi connectivity index (χ2v) is 5.17. The van der Waals surface area contributed by atoms with Crippen LogP contribution in [0.15, 0.2) is 35.1 Å². The molecule has 0 aliphatic rings. The molecule has 21 heavy (non-hydrogen) atoms. The van der Waals surface area contributed by atoms with Crippen LogP contribution in [0.25, 0.3) is 10.9 Å². The summed E-state index contributed by atoms with van der Waals surface area (Å²) in [5.41, 5.74) is 1.69. The van der Waals surface area contributed by atoms with E-state index in [1.807, 2.05) is 36.2 Å².